The molecule has 1 saturated heterocycles. The lowest BCUT2D eigenvalue weighted by atomic mass is 9.87. The van der Waals surface area contributed by atoms with Gasteiger partial charge in [0.1, 0.15) is 0 Å². The smallest absolute Gasteiger partial charge is 0.356 e. The van der Waals surface area contributed by atoms with E-state index in [4.69, 9.17) is 0 Å². The molecule has 1 fully saturated rings. The van der Waals surface area contributed by atoms with Crippen LogP contribution in [0.1, 0.15) is 54.4 Å². The fraction of sp³-hybridized carbons (Fsp3) is 0.650. The molecule has 0 amide bonds. The van der Waals surface area contributed by atoms with Crippen molar-refractivity contribution in [3.8, 4) is 0 Å². The van der Waals surface area contributed by atoms with Gasteiger partial charge in [0.25, 0.3) is 0 Å². The van der Waals surface area contributed by atoms with Crippen LogP contribution < -0.4 is 0 Å². The van der Waals surface area contributed by atoms with Gasteiger partial charge in [-0.3, -0.25) is 9.36 Å². The summed E-state index contributed by atoms with van der Waals surface area (Å²) in [6, 6.07) is 2.43. The molecular formula is C20H29N5O2. The first-order valence-corrected chi connectivity index (χ1v) is 10.2. The standard InChI is InChI=1S/C20H29N5O2/c1-2-25-18-5-4-16(14-17(18)19(22-25)20(26)27)23-11-6-15(7-12-23)8-13-24-10-3-9-21-24/h3,9-10,15-16H,2,4-8,11-14H2,1H3,(H,26,27)/t16-/m0/s1. The highest BCUT2D eigenvalue weighted by molar-refractivity contribution is 5.87. The average molecular weight is 371 g/mol. The minimum atomic E-state index is -0.892. The van der Waals surface area contributed by atoms with Crippen LogP contribution in [0.25, 0.3) is 0 Å². The van der Waals surface area contributed by atoms with Crippen LogP contribution in [0.4, 0.5) is 0 Å². The maximum absolute atomic E-state index is 11.6. The lowest BCUT2D eigenvalue weighted by Gasteiger charge is -2.39. The van der Waals surface area contributed by atoms with Gasteiger partial charge in [-0.05, 0) is 70.5 Å². The van der Waals surface area contributed by atoms with Crippen LogP contribution in [-0.4, -0.2) is 54.7 Å². The molecule has 7 heteroatoms. The molecule has 1 aliphatic carbocycles. The number of likely N-dealkylation sites (tertiary alicyclic amines) is 1. The molecule has 2 aromatic rings. The van der Waals surface area contributed by atoms with Crippen LogP contribution in [0.5, 0.6) is 0 Å². The zero-order valence-electron chi connectivity index (χ0n) is 16.0. The number of fused-ring (bicyclic) bond motifs is 1. The predicted molar refractivity (Wildman–Crippen MR) is 102 cm³/mol. The van der Waals surface area contributed by atoms with E-state index in [1.165, 1.54) is 19.3 Å². The molecule has 146 valence electrons. The molecule has 0 aromatic carbocycles. The normalized spacial score (nSPS) is 21.3. The molecule has 0 bridgehead atoms. The van der Waals surface area contributed by atoms with Gasteiger partial charge in [0.15, 0.2) is 5.69 Å². The Morgan fingerprint density at radius 1 is 1.30 bits per heavy atom. The van der Waals surface area contributed by atoms with Gasteiger partial charge >= 0.3 is 5.97 Å². The SMILES string of the molecule is CCn1nc(C(=O)O)c2c1CC[C@H](N1CCC(CCn3cccn3)CC1)C2. The van der Waals surface area contributed by atoms with E-state index in [9.17, 15) is 9.90 Å². The van der Waals surface area contributed by atoms with Crippen molar-refractivity contribution >= 4 is 5.97 Å². The molecular weight excluding hydrogens is 342 g/mol. The fourth-order valence-corrected chi connectivity index (χ4v) is 4.77. The summed E-state index contributed by atoms with van der Waals surface area (Å²) in [5.74, 6) is -0.126. The Kier molecular flexibility index (Phi) is 5.29. The van der Waals surface area contributed by atoms with Gasteiger partial charge in [-0.15, -0.1) is 0 Å². The van der Waals surface area contributed by atoms with E-state index in [0.29, 0.717) is 6.04 Å². The van der Waals surface area contributed by atoms with E-state index in [2.05, 4.69) is 15.1 Å². The number of carbonyl (C=O) groups is 1. The summed E-state index contributed by atoms with van der Waals surface area (Å²) in [5, 5.41) is 18.2. The molecule has 27 heavy (non-hydrogen) atoms. The monoisotopic (exact) mass is 371 g/mol. The Morgan fingerprint density at radius 2 is 2.11 bits per heavy atom. The summed E-state index contributed by atoms with van der Waals surface area (Å²) in [5.41, 5.74) is 2.38. The summed E-state index contributed by atoms with van der Waals surface area (Å²) in [7, 11) is 0. The Labute approximate surface area is 160 Å². The van der Waals surface area contributed by atoms with Crippen molar-refractivity contribution in [2.45, 2.75) is 64.6 Å². The van der Waals surface area contributed by atoms with Crippen LogP contribution in [0, 0.1) is 5.92 Å². The Morgan fingerprint density at radius 3 is 2.78 bits per heavy atom. The number of carboxylic acid groups (broad SMARTS) is 1. The van der Waals surface area contributed by atoms with Crippen molar-refractivity contribution in [2.24, 2.45) is 5.92 Å². The minimum Gasteiger partial charge on any atom is -0.476 e. The molecule has 1 aliphatic heterocycles. The lowest BCUT2D eigenvalue weighted by Crippen LogP contribution is -2.44. The fourth-order valence-electron chi connectivity index (χ4n) is 4.77. The van der Waals surface area contributed by atoms with E-state index in [-0.39, 0.29) is 5.69 Å². The van der Waals surface area contributed by atoms with Gasteiger partial charge in [0.2, 0.25) is 0 Å². The van der Waals surface area contributed by atoms with E-state index in [0.717, 1.165) is 62.6 Å². The molecule has 0 saturated carbocycles. The maximum Gasteiger partial charge on any atom is 0.356 e. The number of aryl methyl sites for hydroxylation is 2. The van der Waals surface area contributed by atoms with Gasteiger partial charge in [-0.1, -0.05) is 0 Å². The zero-order valence-corrected chi connectivity index (χ0v) is 16.0. The second-order valence-corrected chi connectivity index (χ2v) is 7.83. The molecule has 7 nitrogen and oxygen atoms in total. The third-order valence-electron chi connectivity index (χ3n) is 6.31. The van der Waals surface area contributed by atoms with Gasteiger partial charge in [0.05, 0.1) is 0 Å². The summed E-state index contributed by atoms with van der Waals surface area (Å²) in [6.07, 6.45) is 10.4. The first-order chi connectivity index (χ1) is 13.2. The van der Waals surface area contributed by atoms with Crippen molar-refractivity contribution in [1.29, 1.82) is 0 Å². The van der Waals surface area contributed by atoms with Crippen LogP contribution in [0.3, 0.4) is 0 Å². The topological polar surface area (TPSA) is 76.2 Å². The van der Waals surface area contributed by atoms with E-state index in [1.807, 2.05) is 34.7 Å². The van der Waals surface area contributed by atoms with Gasteiger partial charge in [-0.25, -0.2) is 4.79 Å². The van der Waals surface area contributed by atoms with Crippen LogP contribution >= 0.6 is 0 Å². The third-order valence-corrected chi connectivity index (χ3v) is 6.31. The average Bonchev–Trinajstić information content (AvgIpc) is 3.34. The molecule has 0 radical (unpaired) electrons. The Balaban J connectivity index is 1.35. The second kappa shape index (κ2) is 7.84. The van der Waals surface area contributed by atoms with Gasteiger partial charge < -0.3 is 10.0 Å². The second-order valence-electron chi connectivity index (χ2n) is 7.83. The number of hydrogen-bond donors (Lipinski definition) is 1. The van der Waals surface area contributed by atoms with Crippen molar-refractivity contribution in [2.75, 3.05) is 13.1 Å². The molecule has 0 spiro atoms. The van der Waals surface area contributed by atoms with Crippen molar-refractivity contribution in [3.05, 3.63) is 35.4 Å². The molecule has 1 N–H and O–H groups in total. The number of hydrogen-bond acceptors (Lipinski definition) is 4. The number of nitrogens with zero attached hydrogens (tertiary/aromatic N) is 5. The molecule has 3 heterocycles. The molecule has 2 aliphatic rings. The number of carboxylic acids is 1. The number of aromatic nitrogens is 4. The summed E-state index contributed by atoms with van der Waals surface area (Å²) < 4.78 is 3.91. The molecule has 1 atom stereocenters. The minimum absolute atomic E-state index is 0.269. The van der Waals surface area contributed by atoms with E-state index >= 15 is 0 Å². The van der Waals surface area contributed by atoms with Crippen LogP contribution in [-0.2, 0) is 25.9 Å². The van der Waals surface area contributed by atoms with Gasteiger partial charge in [-0.2, -0.15) is 10.2 Å². The van der Waals surface area contributed by atoms with Crippen molar-refractivity contribution in [1.82, 2.24) is 24.5 Å². The Hall–Kier alpha value is -2.15. The molecule has 0 unspecified atom stereocenters. The largest absolute Gasteiger partial charge is 0.476 e. The highest BCUT2D eigenvalue weighted by Crippen LogP contribution is 2.30. The Bertz CT molecular complexity index is 775. The highest BCUT2D eigenvalue weighted by atomic mass is 16.4. The third kappa shape index (κ3) is 3.78. The number of rotatable bonds is 6. The first kappa shape index (κ1) is 18.2. The zero-order chi connectivity index (χ0) is 18.8. The quantitative estimate of drug-likeness (QED) is 0.844. The summed E-state index contributed by atoms with van der Waals surface area (Å²) >= 11 is 0. The van der Waals surface area contributed by atoms with Crippen LogP contribution in [0.15, 0.2) is 18.5 Å². The summed E-state index contributed by atoms with van der Waals surface area (Å²) in [6.45, 7) is 6.01. The van der Waals surface area contributed by atoms with Crippen LogP contribution in [0.2, 0.25) is 0 Å². The van der Waals surface area contributed by atoms with Crippen molar-refractivity contribution in [3.63, 3.8) is 0 Å². The van der Waals surface area contributed by atoms with Gasteiger partial charge in [0, 0.05) is 42.8 Å². The number of aromatic carboxylic acids is 1. The van der Waals surface area contributed by atoms with E-state index in [1.54, 1.807) is 0 Å². The lowest BCUT2D eigenvalue weighted by molar-refractivity contribution is 0.0686. The maximum atomic E-state index is 11.6. The molecule has 2 aromatic heterocycles. The molecule has 4 rings (SSSR count). The van der Waals surface area contributed by atoms with E-state index < -0.39 is 5.97 Å². The predicted octanol–water partition coefficient (Wildman–Crippen LogP) is 2.46. The highest BCUT2D eigenvalue weighted by Gasteiger charge is 2.33. The summed E-state index contributed by atoms with van der Waals surface area (Å²) in [4.78, 5) is 14.2. The van der Waals surface area contributed by atoms with Crippen molar-refractivity contribution < 1.29 is 9.90 Å². The number of piperidine rings is 1. The first-order valence-electron chi connectivity index (χ1n) is 10.2.